The molecule has 0 heterocycles. The van der Waals surface area contributed by atoms with Gasteiger partial charge in [-0.05, 0) is 30.3 Å². The molecule has 2 aromatic carbocycles. The lowest BCUT2D eigenvalue weighted by molar-refractivity contribution is 0.0450. The molecule has 0 amide bonds. The van der Waals surface area contributed by atoms with Gasteiger partial charge in [0.15, 0.2) is 0 Å². The Bertz CT molecular complexity index is 586. The number of benzene rings is 2. The number of carbonyl (C=O) groups is 1. The highest BCUT2D eigenvalue weighted by Crippen LogP contribution is 2.14. The summed E-state index contributed by atoms with van der Waals surface area (Å²) in [5, 5.41) is 19.2. The average molecular weight is 288 g/mol. The maximum atomic E-state index is 11.8. The lowest BCUT2D eigenvalue weighted by Gasteiger charge is -2.21. The van der Waals surface area contributed by atoms with Crippen LogP contribution in [0.5, 0.6) is 5.75 Å². The summed E-state index contributed by atoms with van der Waals surface area (Å²) in [6, 6.07) is 14.8. The van der Waals surface area contributed by atoms with Crippen molar-refractivity contribution in [1.82, 2.24) is 0 Å². The molecule has 0 aromatic heterocycles. The fraction of sp³-hybridized carbons (Fsp3) is 0.133. The monoisotopic (exact) mass is 288 g/mol. The van der Waals surface area contributed by atoms with Gasteiger partial charge in [0.1, 0.15) is 19.0 Å². The van der Waals surface area contributed by atoms with Gasteiger partial charge < -0.3 is 19.9 Å². The van der Waals surface area contributed by atoms with Crippen LogP contribution in [0.3, 0.4) is 0 Å². The molecular formula is C15H14NO5-. The van der Waals surface area contributed by atoms with Crippen LogP contribution in [0.1, 0.15) is 10.4 Å². The Balaban J connectivity index is 1.81. The number of ether oxygens (including phenoxy) is 2. The highest BCUT2D eigenvalue weighted by molar-refractivity contribution is 5.90. The largest absolute Gasteiger partial charge is 0.733 e. The third kappa shape index (κ3) is 4.48. The second-order valence-electron chi connectivity index (χ2n) is 4.12. The molecule has 0 aliphatic carbocycles. The van der Waals surface area contributed by atoms with Crippen LogP contribution in [0.15, 0.2) is 54.6 Å². The molecule has 1 N–H and O–H groups in total. The van der Waals surface area contributed by atoms with Crippen molar-refractivity contribution in [2.24, 2.45) is 0 Å². The zero-order chi connectivity index (χ0) is 15.1. The topological polar surface area (TPSA) is 82.1 Å². The van der Waals surface area contributed by atoms with E-state index in [-0.39, 0.29) is 29.7 Å². The number of anilines is 1. The van der Waals surface area contributed by atoms with Crippen molar-refractivity contribution in [3.05, 3.63) is 65.4 Å². The zero-order valence-electron chi connectivity index (χ0n) is 11.1. The normalized spacial score (nSPS) is 10.0. The summed E-state index contributed by atoms with van der Waals surface area (Å²) in [5.74, 6) is 0.105. The molecule has 0 saturated carbocycles. The predicted molar refractivity (Wildman–Crippen MR) is 76.3 cm³/mol. The highest BCUT2D eigenvalue weighted by atomic mass is 16.8. The minimum absolute atomic E-state index is 0.0371. The number of rotatable bonds is 6. The first kappa shape index (κ1) is 14.8. The van der Waals surface area contributed by atoms with Gasteiger partial charge in [0.05, 0.1) is 11.3 Å². The van der Waals surface area contributed by atoms with Crippen molar-refractivity contribution in [2.75, 3.05) is 18.4 Å². The maximum absolute atomic E-state index is 11.8. The highest BCUT2D eigenvalue weighted by Gasteiger charge is 2.08. The molecule has 6 nitrogen and oxygen atoms in total. The predicted octanol–water partition coefficient (Wildman–Crippen LogP) is 2.62. The molecule has 6 heteroatoms. The Hall–Kier alpha value is -2.57. The van der Waals surface area contributed by atoms with Crippen molar-refractivity contribution in [1.29, 1.82) is 0 Å². The van der Waals surface area contributed by atoms with Crippen LogP contribution in [-0.4, -0.2) is 24.4 Å². The van der Waals surface area contributed by atoms with E-state index < -0.39 is 5.97 Å². The Labute approximate surface area is 121 Å². The zero-order valence-corrected chi connectivity index (χ0v) is 11.1. The van der Waals surface area contributed by atoms with Gasteiger partial charge in [-0.15, -0.1) is 0 Å². The second kappa shape index (κ2) is 7.28. The number of esters is 1. The van der Waals surface area contributed by atoms with Crippen LogP contribution in [0, 0.1) is 5.21 Å². The van der Waals surface area contributed by atoms with Crippen LogP contribution >= 0.6 is 0 Å². The fourth-order valence-electron chi connectivity index (χ4n) is 1.65. The molecule has 0 fully saturated rings. The van der Waals surface area contributed by atoms with Gasteiger partial charge in [-0.1, -0.05) is 24.3 Å². The van der Waals surface area contributed by atoms with Gasteiger partial charge in [-0.2, -0.15) is 0 Å². The van der Waals surface area contributed by atoms with Crippen LogP contribution in [0.25, 0.3) is 0 Å². The number of nitrogens with zero attached hydrogens (tertiary/aromatic N) is 1. The molecule has 0 aliphatic heterocycles. The van der Waals surface area contributed by atoms with Gasteiger partial charge in [-0.3, -0.25) is 5.21 Å². The SMILES string of the molecule is O=C(OCCOc1ccccc1)c1cccc(N([O-])O)c1. The Morgan fingerprint density at radius 3 is 2.57 bits per heavy atom. The number of carbonyl (C=O) groups excluding carboxylic acids is 1. The van der Waals surface area contributed by atoms with Gasteiger partial charge in [0, 0.05) is 0 Å². The van der Waals surface area contributed by atoms with E-state index in [9.17, 15) is 10.0 Å². The van der Waals surface area contributed by atoms with Crippen LogP contribution < -0.4 is 9.96 Å². The van der Waals surface area contributed by atoms with Gasteiger partial charge >= 0.3 is 5.97 Å². The molecule has 0 aliphatic rings. The quantitative estimate of drug-likeness (QED) is 0.500. The van der Waals surface area contributed by atoms with E-state index in [1.807, 2.05) is 18.2 Å². The molecule has 0 spiro atoms. The summed E-state index contributed by atoms with van der Waals surface area (Å²) >= 11 is 0. The number of hydrogen-bond acceptors (Lipinski definition) is 6. The molecule has 21 heavy (non-hydrogen) atoms. The lowest BCUT2D eigenvalue weighted by Crippen LogP contribution is -2.13. The summed E-state index contributed by atoms with van der Waals surface area (Å²) in [7, 11) is 0. The summed E-state index contributed by atoms with van der Waals surface area (Å²) in [6.45, 7) is 0.307. The molecule has 2 aromatic rings. The van der Waals surface area contributed by atoms with Crippen LogP contribution in [0.2, 0.25) is 0 Å². The summed E-state index contributed by atoms with van der Waals surface area (Å²) in [6.07, 6.45) is 0. The summed E-state index contributed by atoms with van der Waals surface area (Å²) in [5.41, 5.74) is 0.145. The molecule has 2 rings (SSSR count). The van der Waals surface area contributed by atoms with E-state index in [0.29, 0.717) is 5.75 Å². The van der Waals surface area contributed by atoms with Crippen LogP contribution in [-0.2, 0) is 4.74 Å². The smallest absolute Gasteiger partial charge is 0.338 e. The van der Waals surface area contributed by atoms with Gasteiger partial charge in [0.25, 0.3) is 0 Å². The van der Waals surface area contributed by atoms with Gasteiger partial charge in [-0.25, -0.2) is 4.79 Å². The molecule has 0 bridgehead atoms. The molecule has 0 unspecified atom stereocenters. The minimum Gasteiger partial charge on any atom is -0.733 e. The van der Waals surface area contributed by atoms with Crippen LogP contribution in [0.4, 0.5) is 5.69 Å². The van der Waals surface area contributed by atoms with E-state index in [2.05, 4.69) is 0 Å². The van der Waals surface area contributed by atoms with E-state index in [1.54, 1.807) is 12.1 Å². The van der Waals surface area contributed by atoms with Crippen molar-refractivity contribution in [3.63, 3.8) is 0 Å². The van der Waals surface area contributed by atoms with Crippen molar-refractivity contribution in [3.8, 4) is 5.75 Å². The first-order chi connectivity index (χ1) is 10.2. The second-order valence-corrected chi connectivity index (χ2v) is 4.12. The maximum Gasteiger partial charge on any atom is 0.338 e. The average Bonchev–Trinajstić information content (AvgIpc) is 2.52. The van der Waals surface area contributed by atoms with Crippen molar-refractivity contribution in [2.45, 2.75) is 0 Å². The van der Waals surface area contributed by atoms with E-state index in [0.717, 1.165) is 0 Å². The summed E-state index contributed by atoms with van der Waals surface area (Å²) in [4.78, 5) is 11.8. The fourth-order valence-corrected chi connectivity index (χ4v) is 1.65. The molecular weight excluding hydrogens is 274 g/mol. The standard InChI is InChI=1S/C15H14NO5/c17-15(12-5-4-6-13(11-12)16(18)19)21-10-9-20-14-7-2-1-3-8-14/h1-8,11,18H,9-10H2/q-1. The Morgan fingerprint density at radius 1 is 1.10 bits per heavy atom. The first-order valence-corrected chi connectivity index (χ1v) is 6.28. The summed E-state index contributed by atoms with van der Waals surface area (Å²) < 4.78 is 10.4. The molecule has 0 radical (unpaired) electrons. The Morgan fingerprint density at radius 2 is 1.86 bits per heavy atom. The van der Waals surface area contributed by atoms with E-state index in [4.69, 9.17) is 14.7 Å². The van der Waals surface area contributed by atoms with Crippen molar-refractivity contribution >= 4 is 11.7 Å². The molecule has 110 valence electrons. The minimum atomic E-state index is -0.588. The molecule has 0 atom stereocenters. The third-order valence-electron chi connectivity index (χ3n) is 2.63. The third-order valence-corrected chi connectivity index (χ3v) is 2.63. The molecule has 0 saturated heterocycles. The van der Waals surface area contributed by atoms with Crippen molar-refractivity contribution < 1.29 is 19.5 Å². The van der Waals surface area contributed by atoms with E-state index in [1.165, 1.54) is 24.3 Å². The number of hydrogen-bond donors (Lipinski definition) is 1. The number of para-hydroxylation sites is 1. The van der Waals surface area contributed by atoms with Gasteiger partial charge in [0.2, 0.25) is 0 Å². The van der Waals surface area contributed by atoms with E-state index >= 15 is 0 Å². The Kier molecular flexibility index (Phi) is 5.14. The lowest BCUT2D eigenvalue weighted by atomic mass is 10.2. The first-order valence-electron chi connectivity index (χ1n) is 6.28.